The first-order valence-corrected chi connectivity index (χ1v) is 5.17. The molecule has 1 heterocycles. The van der Waals surface area contributed by atoms with Crippen molar-refractivity contribution >= 4 is 5.78 Å². The number of ketones is 1. The molecule has 0 bridgehead atoms. The molecule has 1 fully saturated rings. The second kappa shape index (κ2) is 5.94. The number of allylic oxidation sites excluding steroid dienone is 1. The molecule has 1 rings (SSSR count). The van der Waals surface area contributed by atoms with E-state index in [2.05, 4.69) is 11.9 Å². The van der Waals surface area contributed by atoms with Crippen LogP contribution in [0.3, 0.4) is 0 Å². The van der Waals surface area contributed by atoms with Crippen LogP contribution in [0.15, 0.2) is 12.2 Å². The summed E-state index contributed by atoms with van der Waals surface area (Å²) in [6.07, 6.45) is 2.75. The molecule has 0 atom stereocenters. The lowest BCUT2D eigenvalue weighted by molar-refractivity contribution is -0.125. The van der Waals surface area contributed by atoms with Crippen LogP contribution in [0.25, 0.3) is 0 Å². The summed E-state index contributed by atoms with van der Waals surface area (Å²) in [5, 5.41) is 3.26. The van der Waals surface area contributed by atoms with Crippen LogP contribution >= 0.6 is 0 Å². The van der Waals surface area contributed by atoms with Crippen molar-refractivity contribution in [2.45, 2.75) is 32.3 Å². The number of rotatable bonds is 5. The van der Waals surface area contributed by atoms with E-state index in [9.17, 15) is 4.79 Å². The van der Waals surface area contributed by atoms with Crippen LogP contribution in [0.4, 0.5) is 0 Å². The summed E-state index contributed by atoms with van der Waals surface area (Å²) in [7, 11) is 0. The van der Waals surface area contributed by atoms with Crippen molar-refractivity contribution in [3.63, 3.8) is 0 Å². The van der Waals surface area contributed by atoms with E-state index in [0.29, 0.717) is 6.42 Å². The van der Waals surface area contributed by atoms with Gasteiger partial charge < -0.3 is 10.1 Å². The monoisotopic (exact) mass is 197 g/mol. The van der Waals surface area contributed by atoms with Crippen LogP contribution in [0, 0.1) is 0 Å². The van der Waals surface area contributed by atoms with E-state index in [0.717, 1.165) is 31.5 Å². The zero-order chi connectivity index (χ0) is 10.4. The summed E-state index contributed by atoms with van der Waals surface area (Å²) in [5.41, 5.74) is 0.906. The van der Waals surface area contributed by atoms with E-state index >= 15 is 0 Å². The van der Waals surface area contributed by atoms with Gasteiger partial charge in [0.2, 0.25) is 0 Å². The molecule has 1 aliphatic rings. The number of carbonyl (C=O) groups is 1. The molecule has 0 aromatic heterocycles. The Morgan fingerprint density at radius 3 is 2.71 bits per heavy atom. The van der Waals surface area contributed by atoms with Crippen LogP contribution in [0.2, 0.25) is 0 Å². The molecule has 1 aliphatic heterocycles. The lowest BCUT2D eigenvalue weighted by atomic mass is 10.1. The van der Waals surface area contributed by atoms with Gasteiger partial charge >= 0.3 is 0 Å². The van der Waals surface area contributed by atoms with Crippen molar-refractivity contribution in [1.82, 2.24) is 5.32 Å². The second-order valence-electron chi connectivity index (χ2n) is 3.93. The quantitative estimate of drug-likeness (QED) is 0.675. The van der Waals surface area contributed by atoms with Crippen LogP contribution < -0.4 is 5.32 Å². The second-order valence-corrected chi connectivity index (χ2v) is 3.93. The predicted molar refractivity (Wildman–Crippen MR) is 56.3 cm³/mol. The number of nitrogens with one attached hydrogen (secondary N) is 1. The molecule has 0 aromatic rings. The minimum atomic E-state index is 0.135. The highest BCUT2D eigenvalue weighted by atomic mass is 16.5. The largest absolute Gasteiger partial charge is 0.370 e. The van der Waals surface area contributed by atoms with Gasteiger partial charge in [-0.25, -0.2) is 0 Å². The fraction of sp³-hybridized carbons (Fsp3) is 0.727. The molecule has 80 valence electrons. The highest BCUT2D eigenvalue weighted by Gasteiger charge is 2.14. The summed E-state index contributed by atoms with van der Waals surface area (Å²) in [5.74, 6) is 0.135. The van der Waals surface area contributed by atoms with Crippen molar-refractivity contribution < 1.29 is 9.53 Å². The van der Waals surface area contributed by atoms with Crippen molar-refractivity contribution in [1.29, 1.82) is 0 Å². The maximum absolute atomic E-state index is 11.3. The van der Waals surface area contributed by atoms with E-state index in [-0.39, 0.29) is 18.5 Å². The van der Waals surface area contributed by atoms with Crippen LogP contribution in [0.1, 0.15) is 26.2 Å². The van der Waals surface area contributed by atoms with Gasteiger partial charge in [-0.15, -0.1) is 0 Å². The molecule has 1 saturated heterocycles. The molecule has 0 aromatic carbocycles. The minimum absolute atomic E-state index is 0.135. The number of hydrogen-bond acceptors (Lipinski definition) is 3. The minimum Gasteiger partial charge on any atom is -0.370 e. The summed E-state index contributed by atoms with van der Waals surface area (Å²) in [6.45, 7) is 7.81. The average molecular weight is 197 g/mol. The SMILES string of the molecule is C=C(C)CC(=O)COC1CCNCC1. The number of ether oxygens (including phenoxy) is 1. The van der Waals surface area contributed by atoms with E-state index in [1.165, 1.54) is 0 Å². The fourth-order valence-corrected chi connectivity index (χ4v) is 1.56. The third-order valence-corrected chi connectivity index (χ3v) is 2.27. The van der Waals surface area contributed by atoms with Gasteiger partial charge in [0.25, 0.3) is 0 Å². The smallest absolute Gasteiger partial charge is 0.162 e. The van der Waals surface area contributed by atoms with Crippen LogP contribution in [0.5, 0.6) is 0 Å². The molecule has 3 heteroatoms. The predicted octanol–water partition coefficient (Wildman–Crippen LogP) is 1.29. The summed E-state index contributed by atoms with van der Waals surface area (Å²) < 4.78 is 5.51. The Labute approximate surface area is 85.5 Å². The Bertz CT molecular complexity index is 207. The van der Waals surface area contributed by atoms with E-state index < -0.39 is 0 Å². The molecule has 14 heavy (non-hydrogen) atoms. The number of hydrogen-bond donors (Lipinski definition) is 1. The molecular weight excluding hydrogens is 178 g/mol. The standard InChI is InChI=1S/C11H19NO2/c1-9(2)7-10(13)8-14-11-3-5-12-6-4-11/h11-12H,1,3-8H2,2H3. The Kier molecular flexibility index (Phi) is 4.84. The molecule has 0 amide bonds. The molecule has 0 saturated carbocycles. The molecule has 3 nitrogen and oxygen atoms in total. The first-order valence-electron chi connectivity index (χ1n) is 5.17. The number of piperidine rings is 1. The van der Waals surface area contributed by atoms with Crippen molar-refractivity contribution in [2.75, 3.05) is 19.7 Å². The Hall–Kier alpha value is -0.670. The highest BCUT2D eigenvalue weighted by molar-refractivity contribution is 5.81. The fourth-order valence-electron chi connectivity index (χ4n) is 1.56. The zero-order valence-corrected chi connectivity index (χ0v) is 8.84. The van der Waals surface area contributed by atoms with Crippen LogP contribution in [-0.4, -0.2) is 31.6 Å². The van der Waals surface area contributed by atoms with Gasteiger partial charge in [-0.2, -0.15) is 0 Å². The first-order chi connectivity index (χ1) is 6.68. The third kappa shape index (κ3) is 4.53. The molecule has 0 aliphatic carbocycles. The first kappa shape index (κ1) is 11.4. The lowest BCUT2D eigenvalue weighted by Crippen LogP contribution is -2.33. The maximum Gasteiger partial charge on any atom is 0.162 e. The lowest BCUT2D eigenvalue weighted by Gasteiger charge is -2.22. The summed E-state index contributed by atoms with van der Waals surface area (Å²) in [4.78, 5) is 11.3. The molecule has 0 spiro atoms. The molecule has 0 radical (unpaired) electrons. The summed E-state index contributed by atoms with van der Waals surface area (Å²) >= 11 is 0. The molecule has 1 N–H and O–H groups in total. The molecular formula is C11H19NO2. The normalized spacial score (nSPS) is 18.1. The van der Waals surface area contributed by atoms with E-state index in [1.807, 2.05) is 6.92 Å². The van der Waals surface area contributed by atoms with Crippen molar-refractivity contribution in [3.05, 3.63) is 12.2 Å². The topological polar surface area (TPSA) is 38.3 Å². The van der Waals surface area contributed by atoms with Gasteiger partial charge in [0.1, 0.15) is 6.61 Å². The van der Waals surface area contributed by atoms with Crippen LogP contribution in [-0.2, 0) is 9.53 Å². The average Bonchev–Trinajstić information content (AvgIpc) is 2.15. The van der Waals surface area contributed by atoms with E-state index in [4.69, 9.17) is 4.74 Å². The van der Waals surface area contributed by atoms with Gasteiger partial charge in [0.15, 0.2) is 5.78 Å². The van der Waals surface area contributed by atoms with Gasteiger partial charge in [-0.1, -0.05) is 12.2 Å². The molecule has 0 unspecified atom stereocenters. The zero-order valence-electron chi connectivity index (χ0n) is 8.84. The summed E-state index contributed by atoms with van der Waals surface area (Å²) in [6, 6.07) is 0. The van der Waals surface area contributed by atoms with Crippen molar-refractivity contribution in [2.24, 2.45) is 0 Å². The Morgan fingerprint density at radius 2 is 2.14 bits per heavy atom. The number of Topliss-reactive ketones (excluding diaryl/α,β-unsaturated/α-hetero) is 1. The van der Waals surface area contributed by atoms with Crippen molar-refractivity contribution in [3.8, 4) is 0 Å². The number of carbonyl (C=O) groups excluding carboxylic acids is 1. The Balaban J connectivity index is 2.12. The maximum atomic E-state index is 11.3. The van der Waals surface area contributed by atoms with Gasteiger partial charge in [-0.05, 0) is 32.9 Å². The third-order valence-electron chi connectivity index (χ3n) is 2.27. The highest BCUT2D eigenvalue weighted by Crippen LogP contribution is 2.07. The Morgan fingerprint density at radius 1 is 1.50 bits per heavy atom. The van der Waals surface area contributed by atoms with E-state index in [1.54, 1.807) is 0 Å². The van der Waals surface area contributed by atoms with Gasteiger partial charge in [0.05, 0.1) is 6.10 Å². The van der Waals surface area contributed by atoms with Gasteiger partial charge in [-0.3, -0.25) is 4.79 Å². The van der Waals surface area contributed by atoms with Gasteiger partial charge in [0, 0.05) is 6.42 Å².